The smallest absolute Gasteiger partial charge is 0.212 e. The first kappa shape index (κ1) is 14.4. The fourth-order valence-corrected chi connectivity index (χ4v) is 7.08. The van der Waals surface area contributed by atoms with Crippen molar-refractivity contribution in [2.45, 2.75) is 64.6 Å². The molecule has 0 spiro atoms. The molecule has 0 aliphatic heterocycles. The van der Waals surface area contributed by atoms with E-state index in [9.17, 15) is 4.80 Å². The van der Waals surface area contributed by atoms with Gasteiger partial charge in [-0.25, -0.2) is 0 Å². The Morgan fingerprint density at radius 1 is 1.00 bits per heavy atom. The van der Waals surface area contributed by atoms with Crippen LogP contribution in [0.5, 0.6) is 0 Å². The SMILES string of the molecule is CCC(CC)(O[Si](C)(C)C)[Si](C)(C)O. The van der Waals surface area contributed by atoms with E-state index >= 15 is 0 Å². The molecule has 0 aromatic carbocycles. The van der Waals surface area contributed by atoms with Crippen molar-refractivity contribution < 1.29 is 9.22 Å². The van der Waals surface area contributed by atoms with E-state index in [1.165, 1.54) is 0 Å². The van der Waals surface area contributed by atoms with E-state index in [2.05, 4.69) is 33.5 Å². The fourth-order valence-electron chi connectivity index (χ4n) is 1.97. The highest BCUT2D eigenvalue weighted by atomic mass is 28.4. The van der Waals surface area contributed by atoms with Crippen molar-refractivity contribution in [2.75, 3.05) is 0 Å². The molecule has 0 atom stereocenters. The van der Waals surface area contributed by atoms with E-state index in [0.717, 1.165) is 12.8 Å². The summed E-state index contributed by atoms with van der Waals surface area (Å²) in [6.45, 7) is 14.8. The van der Waals surface area contributed by atoms with Crippen molar-refractivity contribution in [3.8, 4) is 0 Å². The molecule has 1 N–H and O–H groups in total. The summed E-state index contributed by atoms with van der Waals surface area (Å²) in [4.78, 5) is 10.3. The van der Waals surface area contributed by atoms with E-state index in [1.54, 1.807) is 0 Å². The van der Waals surface area contributed by atoms with Gasteiger partial charge >= 0.3 is 0 Å². The second-order valence-electron chi connectivity index (χ2n) is 5.47. The van der Waals surface area contributed by atoms with Crippen molar-refractivity contribution in [3.05, 3.63) is 0 Å². The quantitative estimate of drug-likeness (QED) is 0.741. The van der Waals surface area contributed by atoms with Gasteiger partial charge in [0.15, 0.2) is 8.32 Å². The molecule has 0 heterocycles. The van der Waals surface area contributed by atoms with Gasteiger partial charge in [0.2, 0.25) is 8.32 Å². The van der Waals surface area contributed by atoms with Gasteiger partial charge in [0.25, 0.3) is 0 Å². The highest BCUT2D eigenvalue weighted by Gasteiger charge is 2.46. The third-order valence-electron chi connectivity index (χ3n) is 2.76. The summed E-state index contributed by atoms with van der Waals surface area (Å²) >= 11 is 0. The van der Waals surface area contributed by atoms with Gasteiger partial charge in [-0.2, -0.15) is 0 Å². The molecular formula is C10H26O2Si2. The Kier molecular flexibility index (Phi) is 4.58. The van der Waals surface area contributed by atoms with Crippen molar-refractivity contribution in [1.82, 2.24) is 0 Å². The predicted octanol–water partition coefficient (Wildman–Crippen LogP) is 3.13. The largest absolute Gasteiger partial charge is 0.429 e. The highest BCUT2D eigenvalue weighted by molar-refractivity contribution is 6.76. The molecular weight excluding hydrogens is 208 g/mol. The monoisotopic (exact) mass is 234 g/mol. The van der Waals surface area contributed by atoms with Crippen LogP contribution in [0, 0.1) is 0 Å². The third kappa shape index (κ3) is 3.49. The molecule has 0 bridgehead atoms. The van der Waals surface area contributed by atoms with Gasteiger partial charge in [-0.1, -0.05) is 13.8 Å². The maximum atomic E-state index is 10.3. The first-order chi connectivity index (χ1) is 6.08. The van der Waals surface area contributed by atoms with E-state index in [-0.39, 0.29) is 5.22 Å². The van der Waals surface area contributed by atoms with Crippen LogP contribution in [0.1, 0.15) is 26.7 Å². The van der Waals surface area contributed by atoms with Crippen molar-refractivity contribution in [1.29, 1.82) is 0 Å². The van der Waals surface area contributed by atoms with E-state index in [4.69, 9.17) is 4.43 Å². The standard InChI is InChI=1S/C10H26O2Si2/c1-8-10(9-2,14(6,7)11)12-13(3,4)5/h11H,8-9H2,1-7H3. The maximum Gasteiger partial charge on any atom is 0.212 e. The molecule has 4 heteroatoms. The molecule has 0 aliphatic carbocycles. The van der Waals surface area contributed by atoms with Gasteiger partial charge in [0.05, 0.1) is 5.22 Å². The molecule has 0 fully saturated rings. The van der Waals surface area contributed by atoms with Crippen LogP contribution in [0.2, 0.25) is 32.7 Å². The van der Waals surface area contributed by atoms with Crippen molar-refractivity contribution in [3.63, 3.8) is 0 Å². The van der Waals surface area contributed by atoms with Crippen LogP contribution in [0.25, 0.3) is 0 Å². The first-order valence-electron chi connectivity index (χ1n) is 5.50. The van der Waals surface area contributed by atoms with E-state index in [0.29, 0.717) is 0 Å². The molecule has 0 saturated heterocycles. The van der Waals surface area contributed by atoms with Gasteiger partial charge in [-0.3, -0.25) is 0 Å². The lowest BCUT2D eigenvalue weighted by Crippen LogP contribution is -2.59. The summed E-state index contributed by atoms with van der Waals surface area (Å²) in [5.41, 5.74) is 0. The fraction of sp³-hybridized carbons (Fsp3) is 1.00. The highest BCUT2D eigenvalue weighted by Crippen LogP contribution is 2.33. The summed E-state index contributed by atoms with van der Waals surface area (Å²) in [5.74, 6) is 0. The number of hydrogen-bond acceptors (Lipinski definition) is 2. The molecule has 0 amide bonds. The van der Waals surface area contributed by atoms with E-state index in [1.807, 2.05) is 13.1 Å². The Hall–Kier alpha value is 0.354. The Balaban J connectivity index is 4.91. The molecule has 0 radical (unpaired) electrons. The Labute approximate surface area is 90.9 Å². The molecule has 14 heavy (non-hydrogen) atoms. The summed E-state index contributed by atoms with van der Waals surface area (Å²) < 4.78 is 6.24. The molecule has 0 unspecified atom stereocenters. The topological polar surface area (TPSA) is 29.5 Å². The minimum absolute atomic E-state index is 0.239. The lowest BCUT2D eigenvalue weighted by atomic mass is 10.2. The molecule has 0 saturated carbocycles. The Morgan fingerprint density at radius 3 is 1.43 bits per heavy atom. The zero-order valence-corrected chi connectivity index (χ0v) is 12.8. The summed E-state index contributed by atoms with van der Waals surface area (Å²) in [6.07, 6.45) is 1.84. The van der Waals surface area contributed by atoms with Crippen LogP contribution in [-0.4, -0.2) is 26.7 Å². The second-order valence-corrected chi connectivity index (χ2v) is 13.9. The molecule has 0 aliphatic rings. The lowest BCUT2D eigenvalue weighted by Gasteiger charge is -2.44. The van der Waals surface area contributed by atoms with E-state index < -0.39 is 16.6 Å². The van der Waals surface area contributed by atoms with Crippen molar-refractivity contribution >= 4 is 16.6 Å². The van der Waals surface area contributed by atoms with Crippen LogP contribution >= 0.6 is 0 Å². The lowest BCUT2D eigenvalue weighted by molar-refractivity contribution is 0.108. The Bertz CT molecular complexity index is 176. The third-order valence-corrected chi connectivity index (χ3v) is 7.01. The van der Waals surface area contributed by atoms with Gasteiger partial charge in [-0.05, 0) is 45.6 Å². The summed E-state index contributed by atoms with van der Waals surface area (Å²) in [6, 6.07) is 0. The Morgan fingerprint density at radius 2 is 1.36 bits per heavy atom. The normalized spacial score (nSPS) is 14.6. The van der Waals surface area contributed by atoms with Gasteiger partial charge in [-0.15, -0.1) is 0 Å². The molecule has 0 aromatic rings. The predicted molar refractivity (Wildman–Crippen MR) is 67.4 cm³/mol. The van der Waals surface area contributed by atoms with Gasteiger partial charge in [0.1, 0.15) is 0 Å². The van der Waals surface area contributed by atoms with Gasteiger partial charge < -0.3 is 9.22 Å². The van der Waals surface area contributed by atoms with Crippen LogP contribution < -0.4 is 0 Å². The molecule has 2 nitrogen and oxygen atoms in total. The molecule has 0 rings (SSSR count). The zero-order valence-electron chi connectivity index (χ0n) is 10.8. The second kappa shape index (κ2) is 4.47. The van der Waals surface area contributed by atoms with Crippen LogP contribution in [0.3, 0.4) is 0 Å². The maximum absolute atomic E-state index is 10.3. The zero-order chi connectivity index (χ0) is 11.6. The van der Waals surface area contributed by atoms with Crippen molar-refractivity contribution in [2.24, 2.45) is 0 Å². The van der Waals surface area contributed by atoms with Crippen LogP contribution in [-0.2, 0) is 4.43 Å². The average molecular weight is 234 g/mol. The average Bonchev–Trinajstić information content (AvgIpc) is 1.96. The summed E-state index contributed by atoms with van der Waals surface area (Å²) in [7, 11) is -3.80. The van der Waals surface area contributed by atoms with Crippen LogP contribution in [0.4, 0.5) is 0 Å². The van der Waals surface area contributed by atoms with Gasteiger partial charge in [0, 0.05) is 0 Å². The molecule has 86 valence electrons. The number of rotatable bonds is 5. The minimum Gasteiger partial charge on any atom is -0.429 e. The molecule has 0 aromatic heterocycles. The number of hydrogen-bond donors (Lipinski definition) is 1. The first-order valence-corrected chi connectivity index (χ1v) is 11.9. The summed E-state index contributed by atoms with van der Waals surface area (Å²) in [5, 5.41) is -0.239. The minimum atomic E-state index is -2.23. The van der Waals surface area contributed by atoms with Crippen LogP contribution in [0.15, 0.2) is 0 Å².